The lowest BCUT2D eigenvalue weighted by Gasteiger charge is -2.13. The van der Waals surface area contributed by atoms with Gasteiger partial charge in [-0.15, -0.1) is 0 Å². The fraction of sp³-hybridized carbons (Fsp3) is 0.385. The van der Waals surface area contributed by atoms with Crippen molar-refractivity contribution < 1.29 is 9.59 Å². The molecule has 0 radical (unpaired) electrons. The first-order valence-electron chi connectivity index (χ1n) is 5.59. The van der Waals surface area contributed by atoms with Crippen LogP contribution in [0.1, 0.15) is 36.8 Å². The molecule has 1 aliphatic rings. The van der Waals surface area contributed by atoms with Crippen LogP contribution in [0.15, 0.2) is 24.3 Å². The highest BCUT2D eigenvalue weighted by atomic mass is 79.9. The normalized spacial score (nSPS) is 24.2. The largest absolute Gasteiger partial charge is 0.295 e. The van der Waals surface area contributed by atoms with Gasteiger partial charge in [0.1, 0.15) is 4.83 Å². The lowest BCUT2D eigenvalue weighted by molar-refractivity contribution is -0.125. The second kappa shape index (κ2) is 4.61. The van der Waals surface area contributed by atoms with E-state index in [-0.39, 0.29) is 11.8 Å². The molecule has 1 saturated heterocycles. The summed E-state index contributed by atoms with van der Waals surface area (Å²) in [7, 11) is 0. The minimum atomic E-state index is -0.461. The first-order valence-corrected chi connectivity index (χ1v) is 6.51. The number of amides is 2. The zero-order valence-electron chi connectivity index (χ0n) is 9.74. The molecular formula is C13H14BrNO2. The highest BCUT2D eigenvalue weighted by Gasteiger charge is 2.40. The van der Waals surface area contributed by atoms with Gasteiger partial charge in [-0.05, 0) is 17.0 Å². The summed E-state index contributed by atoms with van der Waals surface area (Å²) < 4.78 is 0. The Morgan fingerprint density at radius 2 is 1.94 bits per heavy atom. The maximum absolute atomic E-state index is 11.7. The van der Waals surface area contributed by atoms with Gasteiger partial charge in [0.05, 0.1) is 5.92 Å². The summed E-state index contributed by atoms with van der Waals surface area (Å²) in [5.41, 5.74) is 2.07. The van der Waals surface area contributed by atoms with Crippen LogP contribution in [0.2, 0.25) is 0 Å². The van der Waals surface area contributed by atoms with E-state index in [0.717, 1.165) is 5.56 Å². The van der Waals surface area contributed by atoms with E-state index in [1.807, 2.05) is 24.3 Å². The standard InChI is InChI=1S/C13H14BrNO2/c1-7(2)8-4-3-5-9(6-8)10-11(14)13(17)15-12(10)16/h3-7,10-11H,1-2H3,(H,15,16,17). The molecule has 2 atom stereocenters. The Balaban J connectivity index is 2.37. The van der Waals surface area contributed by atoms with Gasteiger partial charge in [-0.25, -0.2) is 0 Å². The molecular weight excluding hydrogens is 282 g/mol. The predicted molar refractivity (Wildman–Crippen MR) is 69.1 cm³/mol. The van der Waals surface area contributed by atoms with Gasteiger partial charge < -0.3 is 0 Å². The molecule has 0 aromatic heterocycles. The first kappa shape index (κ1) is 12.3. The Labute approximate surface area is 109 Å². The molecule has 1 N–H and O–H groups in total. The molecule has 1 heterocycles. The van der Waals surface area contributed by atoms with Crippen molar-refractivity contribution in [2.24, 2.45) is 0 Å². The third-order valence-electron chi connectivity index (χ3n) is 3.01. The summed E-state index contributed by atoms with van der Waals surface area (Å²) in [5, 5.41) is 2.34. The number of rotatable bonds is 2. The van der Waals surface area contributed by atoms with E-state index < -0.39 is 10.7 Å². The Morgan fingerprint density at radius 1 is 1.24 bits per heavy atom. The molecule has 2 amide bonds. The zero-order valence-corrected chi connectivity index (χ0v) is 11.3. The van der Waals surface area contributed by atoms with Crippen LogP contribution in [0, 0.1) is 0 Å². The maximum atomic E-state index is 11.7. The van der Waals surface area contributed by atoms with Crippen molar-refractivity contribution in [2.75, 3.05) is 0 Å². The highest BCUT2D eigenvalue weighted by Crippen LogP contribution is 2.31. The van der Waals surface area contributed by atoms with Crippen LogP contribution >= 0.6 is 15.9 Å². The highest BCUT2D eigenvalue weighted by molar-refractivity contribution is 9.10. The van der Waals surface area contributed by atoms with Gasteiger partial charge in [-0.1, -0.05) is 54.0 Å². The minimum Gasteiger partial charge on any atom is -0.295 e. The zero-order chi connectivity index (χ0) is 12.6. The van der Waals surface area contributed by atoms with Crippen LogP contribution in [0.3, 0.4) is 0 Å². The second-order valence-electron chi connectivity index (χ2n) is 4.56. The number of nitrogens with one attached hydrogen (secondary N) is 1. The van der Waals surface area contributed by atoms with Crippen molar-refractivity contribution >= 4 is 27.7 Å². The molecule has 1 fully saturated rings. The molecule has 0 aliphatic carbocycles. The van der Waals surface area contributed by atoms with E-state index in [2.05, 4.69) is 35.1 Å². The third kappa shape index (κ3) is 2.27. The SMILES string of the molecule is CC(C)c1cccc(C2C(=O)NC(=O)C2Br)c1. The first-order chi connectivity index (χ1) is 8.00. The summed E-state index contributed by atoms with van der Waals surface area (Å²) in [4.78, 5) is 22.7. The molecule has 1 aromatic carbocycles. The van der Waals surface area contributed by atoms with Crippen molar-refractivity contribution in [3.8, 4) is 0 Å². The van der Waals surface area contributed by atoms with Gasteiger partial charge in [0, 0.05) is 0 Å². The molecule has 0 bridgehead atoms. The number of hydrogen-bond donors (Lipinski definition) is 1. The number of carbonyl (C=O) groups excluding carboxylic acids is 2. The van der Waals surface area contributed by atoms with Crippen LogP contribution in [-0.4, -0.2) is 16.6 Å². The van der Waals surface area contributed by atoms with Gasteiger partial charge >= 0.3 is 0 Å². The van der Waals surface area contributed by atoms with Gasteiger partial charge in [0.15, 0.2) is 0 Å². The smallest absolute Gasteiger partial charge is 0.241 e. The third-order valence-corrected chi connectivity index (χ3v) is 3.95. The lowest BCUT2D eigenvalue weighted by Crippen LogP contribution is -2.22. The average molecular weight is 296 g/mol. The predicted octanol–water partition coefficient (Wildman–Crippen LogP) is 2.31. The van der Waals surface area contributed by atoms with Crippen LogP contribution in [-0.2, 0) is 9.59 Å². The second-order valence-corrected chi connectivity index (χ2v) is 5.54. The van der Waals surface area contributed by atoms with Crippen molar-refractivity contribution in [1.82, 2.24) is 5.32 Å². The number of hydrogen-bond acceptors (Lipinski definition) is 2. The Kier molecular flexibility index (Phi) is 3.33. The summed E-state index contributed by atoms with van der Waals surface area (Å²) in [6.07, 6.45) is 0. The van der Waals surface area contributed by atoms with Gasteiger partial charge in [-0.3, -0.25) is 14.9 Å². The van der Waals surface area contributed by atoms with Gasteiger partial charge in [0.25, 0.3) is 0 Å². The van der Waals surface area contributed by atoms with Gasteiger partial charge in [0.2, 0.25) is 11.8 Å². The summed E-state index contributed by atoms with van der Waals surface area (Å²) >= 11 is 3.28. The molecule has 1 aliphatic heterocycles. The number of benzene rings is 1. The molecule has 0 saturated carbocycles. The van der Waals surface area contributed by atoms with Crippen molar-refractivity contribution in [2.45, 2.75) is 30.5 Å². The number of alkyl halides is 1. The average Bonchev–Trinajstić information content (AvgIpc) is 2.53. The lowest BCUT2D eigenvalue weighted by atomic mass is 9.93. The fourth-order valence-corrected chi connectivity index (χ4v) is 2.64. The quantitative estimate of drug-likeness (QED) is 0.672. The van der Waals surface area contributed by atoms with Crippen LogP contribution in [0.5, 0.6) is 0 Å². The maximum Gasteiger partial charge on any atom is 0.241 e. The van der Waals surface area contributed by atoms with Crippen LogP contribution in [0.4, 0.5) is 0 Å². The van der Waals surface area contributed by atoms with Crippen molar-refractivity contribution in [3.05, 3.63) is 35.4 Å². The van der Waals surface area contributed by atoms with Crippen LogP contribution < -0.4 is 5.32 Å². The van der Waals surface area contributed by atoms with E-state index in [4.69, 9.17) is 0 Å². The monoisotopic (exact) mass is 295 g/mol. The Hall–Kier alpha value is -1.16. The molecule has 2 unspecified atom stereocenters. The molecule has 4 heteroatoms. The topological polar surface area (TPSA) is 46.2 Å². The van der Waals surface area contributed by atoms with E-state index in [9.17, 15) is 9.59 Å². The molecule has 17 heavy (non-hydrogen) atoms. The van der Waals surface area contributed by atoms with Gasteiger partial charge in [-0.2, -0.15) is 0 Å². The van der Waals surface area contributed by atoms with E-state index >= 15 is 0 Å². The number of carbonyl (C=O) groups is 2. The minimum absolute atomic E-state index is 0.224. The number of imide groups is 1. The van der Waals surface area contributed by atoms with Crippen molar-refractivity contribution in [1.29, 1.82) is 0 Å². The molecule has 3 nitrogen and oxygen atoms in total. The summed E-state index contributed by atoms with van der Waals surface area (Å²) in [6.45, 7) is 4.20. The summed E-state index contributed by atoms with van der Waals surface area (Å²) in [5.74, 6) is -0.488. The van der Waals surface area contributed by atoms with E-state index in [1.54, 1.807) is 0 Å². The Morgan fingerprint density at radius 3 is 2.47 bits per heavy atom. The molecule has 2 rings (SSSR count). The Bertz CT molecular complexity index is 470. The summed E-state index contributed by atoms with van der Waals surface area (Å²) in [6, 6.07) is 7.86. The van der Waals surface area contributed by atoms with E-state index in [1.165, 1.54) is 5.56 Å². The van der Waals surface area contributed by atoms with Crippen LogP contribution in [0.25, 0.3) is 0 Å². The fourth-order valence-electron chi connectivity index (χ4n) is 1.98. The molecule has 0 spiro atoms. The van der Waals surface area contributed by atoms with E-state index in [0.29, 0.717) is 5.92 Å². The molecule has 1 aromatic rings. The van der Waals surface area contributed by atoms with Crippen molar-refractivity contribution in [3.63, 3.8) is 0 Å². The number of halogens is 1. The molecule has 90 valence electrons.